The fourth-order valence-corrected chi connectivity index (χ4v) is 4.07. The lowest BCUT2D eigenvalue weighted by atomic mass is 9.77. The van der Waals surface area contributed by atoms with Crippen molar-refractivity contribution in [1.82, 2.24) is 15.1 Å². The fraction of sp³-hybridized carbons (Fsp3) is 0.812. The van der Waals surface area contributed by atoms with Crippen molar-refractivity contribution in [2.24, 2.45) is 0 Å². The first-order chi connectivity index (χ1) is 10.2. The zero-order chi connectivity index (χ0) is 15.3. The molecule has 0 amide bonds. The van der Waals surface area contributed by atoms with Gasteiger partial charge in [-0.1, -0.05) is 33.1 Å². The van der Waals surface area contributed by atoms with Gasteiger partial charge in [-0.05, 0) is 41.7 Å². The van der Waals surface area contributed by atoms with E-state index in [1.54, 1.807) is 0 Å². The number of aromatic nitrogens is 2. The molecule has 1 unspecified atom stereocenters. The van der Waals surface area contributed by atoms with Crippen LogP contribution in [0.3, 0.4) is 0 Å². The molecule has 0 spiro atoms. The van der Waals surface area contributed by atoms with Gasteiger partial charge in [-0.3, -0.25) is 4.68 Å². The quantitative estimate of drug-likeness (QED) is 0.799. The van der Waals surface area contributed by atoms with Crippen LogP contribution in [0.2, 0.25) is 0 Å². The summed E-state index contributed by atoms with van der Waals surface area (Å²) in [6, 6.07) is 0.191. The van der Waals surface area contributed by atoms with Crippen LogP contribution in [-0.4, -0.2) is 29.0 Å². The summed E-state index contributed by atoms with van der Waals surface area (Å²) >= 11 is 3.70. The number of hydrogen-bond acceptors (Lipinski definition) is 3. The highest BCUT2D eigenvalue weighted by atomic mass is 79.9. The Labute approximate surface area is 136 Å². The first-order valence-electron chi connectivity index (χ1n) is 8.18. The van der Waals surface area contributed by atoms with Crippen molar-refractivity contribution < 1.29 is 4.74 Å². The van der Waals surface area contributed by atoms with Gasteiger partial charge in [0.25, 0.3) is 0 Å². The Morgan fingerprint density at radius 3 is 2.67 bits per heavy atom. The first kappa shape index (κ1) is 17.0. The van der Waals surface area contributed by atoms with Crippen LogP contribution in [0, 0.1) is 0 Å². The lowest BCUT2D eigenvalue weighted by Crippen LogP contribution is -2.48. The van der Waals surface area contributed by atoms with E-state index >= 15 is 0 Å². The van der Waals surface area contributed by atoms with E-state index in [2.05, 4.69) is 44.9 Å². The van der Waals surface area contributed by atoms with Gasteiger partial charge in [-0.15, -0.1) is 0 Å². The molecule has 1 saturated carbocycles. The summed E-state index contributed by atoms with van der Waals surface area (Å²) in [5.74, 6) is 0. The van der Waals surface area contributed by atoms with Crippen LogP contribution in [0.1, 0.15) is 64.1 Å². The topological polar surface area (TPSA) is 39.1 Å². The Balaban J connectivity index is 2.39. The van der Waals surface area contributed by atoms with E-state index < -0.39 is 0 Å². The molecule has 1 fully saturated rings. The van der Waals surface area contributed by atoms with Crippen LogP contribution in [0.25, 0.3) is 0 Å². The molecule has 1 aromatic heterocycles. The third-order valence-corrected chi connectivity index (χ3v) is 5.19. The molecular formula is C16H28BrN3O. The summed E-state index contributed by atoms with van der Waals surface area (Å²) in [5.41, 5.74) is 1.13. The second-order valence-electron chi connectivity index (χ2n) is 5.92. The standard InChI is InChI=1S/C16H28BrN3O/c1-4-11-20-14(13(17)12-19-20)15(18-5-2)16(21-3)9-7-6-8-10-16/h12,15,18H,4-11H2,1-3H3. The van der Waals surface area contributed by atoms with E-state index in [4.69, 9.17) is 4.74 Å². The van der Waals surface area contributed by atoms with Gasteiger partial charge in [0.15, 0.2) is 0 Å². The molecule has 0 bridgehead atoms. The van der Waals surface area contributed by atoms with E-state index in [1.807, 2.05) is 13.3 Å². The Hall–Kier alpha value is -0.390. The Morgan fingerprint density at radius 2 is 2.10 bits per heavy atom. The smallest absolute Gasteiger partial charge is 0.0888 e. The molecule has 1 aliphatic rings. The van der Waals surface area contributed by atoms with E-state index in [0.717, 1.165) is 36.8 Å². The summed E-state index contributed by atoms with van der Waals surface area (Å²) in [6.07, 6.45) is 9.04. The highest BCUT2D eigenvalue weighted by molar-refractivity contribution is 9.10. The lowest BCUT2D eigenvalue weighted by molar-refractivity contribution is -0.0705. The van der Waals surface area contributed by atoms with Crippen molar-refractivity contribution in [2.75, 3.05) is 13.7 Å². The van der Waals surface area contributed by atoms with E-state index in [0.29, 0.717) is 0 Å². The number of likely N-dealkylation sites (N-methyl/N-ethyl adjacent to an activating group) is 1. The van der Waals surface area contributed by atoms with Gasteiger partial charge < -0.3 is 10.1 Å². The maximum Gasteiger partial charge on any atom is 0.0888 e. The minimum absolute atomic E-state index is 0.109. The summed E-state index contributed by atoms with van der Waals surface area (Å²) in [5, 5.41) is 8.21. The SMILES string of the molecule is CCCn1ncc(Br)c1C(NCC)C1(OC)CCCCC1. The number of rotatable bonds is 7. The van der Waals surface area contributed by atoms with Crippen LogP contribution in [0.5, 0.6) is 0 Å². The number of hydrogen-bond donors (Lipinski definition) is 1. The van der Waals surface area contributed by atoms with Crippen molar-refractivity contribution in [3.8, 4) is 0 Å². The monoisotopic (exact) mass is 357 g/mol. The highest BCUT2D eigenvalue weighted by Gasteiger charge is 2.42. The zero-order valence-electron chi connectivity index (χ0n) is 13.5. The zero-order valence-corrected chi connectivity index (χ0v) is 15.1. The summed E-state index contributed by atoms with van der Waals surface area (Å²) in [4.78, 5) is 0. The molecular weight excluding hydrogens is 330 g/mol. The van der Waals surface area contributed by atoms with Crippen LogP contribution in [0.4, 0.5) is 0 Å². The third-order valence-electron chi connectivity index (χ3n) is 4.58. The molecule has 1 heterocycles. The fourth-order valence-electron chi connectivity index (χ4n) is 3.55. The van der Waals surface area contributed by atoms with Crippen LogP contribution < -0.4 is 5.32 Å². The predicted molar refractivity (Wildman–Crippen MR) is 89.5 cm³/mol. The number of aryl methyl sites for hydroxylation is 1. The average molecular weight is 358 g/mol. The molecule has 1 N–H and O–H groups in total. The molecule has 0 saturated heterocycles. The van der Waals surface area contributed by atoms with E-state index in [9.17, 15) is 0 Å². The predicted octanol–water partition coefficient (Wildman–Crippen LogP) is 4.06. The molecule has 4 nitrogen and oxygen atoms in total. The molecule has 2 rings (SSSR count). The Bertz CT molecular complexity index is 441. The van der Waals surface area contributed by atoms with Crippen molar-refractivity contribution in [2.45, 2.75) is 70.6 Å². The van der Waals surface area contributed by atoms with Gasteiger partial charge >= 0.3 is 0 Å². The number of ether oxygens (including phenoxy) is 1. The van der Waals surface area contributed by atoms with E-state index in [-0.39, 0.29) is 11.6 Å². The molecule has 0 aromatic carbocycles. The molecule has 21 heavy (non-hydrogen) atoms. The number of nitrogens with zero attached hydrogens (tertiary/aromatic N) is 2. The van der Waals surface area contributed by atoms with Crippen LogP contribution >= 0.6 is 15.9 Å². The van der Waals surface area contributed by atoms with Gasteiger partial charge in [0.05, 0.1) is 28.0 Å². The molecule has 5 heteroatoms. The van der Waals surface area contributed by atoms with Crippen molar-refractivity contribution in [3.05, 3.63) is 16.4 Å². The van der Waals surface area contributed by atoms with Gasteiger partial charge in [0, 0.05) is 13.7 Å². The third kappa shape index (κ3) is 3.51. The Kier molecular flexibility index (Phi) is 6.26. The number of methoxy groups -OCH3 is 1. The largest absolute Gasteiger partial charge is 0.376 e. The minimum Gasteiger partial charge on any atom is -0.376 e. The molecule has 120 valence electrons. The van der Waals surface area contributed by atoms with Gasteiger partial charge in [0.2, 0.25) is 0 Å². The molecule has 0 aliphatic heterocycles. The molecule has 1 aliphatic carbocycles. The maximum atomic E-state index is 6.08. The van der Waals surface area contributed by atoms with Crippen molar-refractivity contribution >= 4 is 15.9 Å². The number of halogens is 1. The highest BCUT2D eigenvalue weighted by Crippen LogP contribution is 2.42. The minimum atomic E-state index is -0.109. The molecule has 1 atom stereocenters. The summed E-state index contributed by atoms with van der Waals surface area (Å²) in [6.45, 7) is 6.23. The normalized spacial score (nSPS) is 19.6. The first-order valence-corrected chi connectivity index (χ1v) is 8.97. The van der Waals surface area contributed by atoms with Gasteiger partial charge in [-0.2, -0.15) is 5.10 Å². The second kappa shape index (κ2) is 7.75. The second-order valence-corrected chi connectivity index (χ2v) is 6.78. The summed E-state index contributed by atoms with van der Waals surface area (Å²) in [7, 11) is 1.87. The van der Waals surface area contributed by atoms with Crippen LogP contribution in [0.15, 0.2) is 10.7 Å². The average Bonchev–Trinajstić information content (AvgIpc) is 2.87. The maximum absolute atomic E-state index is 6.08. The summed E-state index contributed by atoms with van der Waals surface area (Å²) < 4.78 is 9.30. The lowest BCUT2D eigenvalue weighted by Gasteiger charge is -2.43. The van der Waals surface area contributed by atoms with E-state index in [1.165, 1.54) is 25.0 Å². The Morgan fingerprint density at radius 1 is 1.38 bits per heavy atom. The molecule has 0 radical (unpaired) electrons. The van der Waals surface area contributed by atoms with Crippen LogP contribution in [-0.2, 0) is 11.3 Å². The van der Waals surface area contributed by atoms with Gasteiger partial charge in [0.1, 0.15) is 0 Å². The number of nitrogens with one attached hydrogen (secondary N) is 1. The van der Waals surface area contributed by atoms with Gasteiger partial charge in [-0.25, -0.2) is 0 Å². The molecule has 1 aromatic rings. The van der Waals surface area contributed by atoms with Crippen molar-refractivity contribution in [3.63, 3.8) is 0 Å². The van der Waals surface area contributed by atoms with Crippen molar-refractivity contribution in [1.29, 1.82) is 0 Å².